The van der Waals surface area contributed by atoms with Crippen LogP contribution in [-0.2, 0) is 0 Å². The Morgan fingerprint density at radius 1 is 0.818 bits per heavy atom. The van der Waals surface area contributed by atoms with Crippen molar-refractivity contribution in [3.05, 3.63) is 23.9 Å². The molecule has 2 aliphatic carbocycles. The van der Waals surface area contributed by atoms with E-state index in [9.17, 15) is 0 Å². The Hall–Kier alpha value is -1.46. The van der Waals surface area contributed by atoms with Crippen LogP contribution in [0.5, 0.6) is 0 Å². The molecule has 1 unspecified atom stereocenters. The van der Waals surface area contributed by atoms with Gasteiger partial charge in [-0.15, -0.1) is 0 Å². The van der Waals surface area contributed by atoms with Crippen molar-refractivity contribution in [2.45, 2.75) is 89.5 Å². The van der Waals surface area contributed by atoms with Gasteiger partial charge in [-0.3, -0.25) is 9.98 Å². The third kappa shape index (κ3) is 7.78. The molecule has 0 radical (unpaired) electrons. The summed E-state index contributed by atoms with van der Waals surface area (Å²) < 4.78 is 0. The molecule has 184 valence electrons. The molecule has 1 saturated heterocycles. The lowest BCUT2D eigenvalue weighted by Crippen LogP contribution is -2.44. The van der Waals surface area contributed by atoms with Crippen molar-refractivity contribution in [1.82, 2.24) is 16.0 Å². The van der Waals surface area contributed by atoms with Gasteiger partial charge in [-0.25, -0.2) is 0 Å². The third-order valence-corrected chi connectivity index (χ3v) is 7.92. The van der Waals surface area contributed by atoms with Crippen molar-refractivity contribution >= 4 is 11.4 Å². The average Bonchev–Trinajstić information content (AvgIpc) is 2.90. The quantitative estimate of drug-likeness (QED) is 0.329. The van der Waals surface area contributed by atoms with Crippen LogP contribution in [0.1, 0.15) is 83.5 Å². The molecule has 0 amide bonds. The molecular weight excluding hydrogens is 406 g/mol. The molecule has 5 heteroatoms. The lowest BCUT2D eigenvalue weighted by atomic mass is 9.81. The number of rotatable bonds is 10. The summed E-state index contributed by atoms with van der Waals surface area (Å²) in [6, 6.07) is 0.537. The second kappa shape index (κ2) is 14.1. The van der Waals surface area contributed by atoms with Crippen molar-refractivity contribution in [3.63, 3.8) is 0 Å². The van der Waals surface area contributed by atoms with E-state index < -0.39 is 0 Å². The summed E-state index contributed by atoms with van der Waals surface area (Å²) in [7, 11) is 0. The predicted octanol–water partition coefficient (Wildman–Crippen LogP) is 4.80. The van der Waals surface area contributed by atoms with Gasteiger partial charge in [-0.2, -0.15) is 0 Å². The van der Waals surface area contributed by atoms with Gasteiger partial charge in [-0.05, 0) is 57.1 Å². The summed E-state index contributed by atoms with van der Waals surface area (Å²) >= 11 is 0. The van der Waals surface area contributed by atoms with E-state index in [1.807, 2.05) is 0 Å². The minimum absolute atomic E-state index is 0.537. The lowest BCUT2D eigenvalue weighted by Gasteiger charge is -2.32. The summed E-state index contributed by atoms with van der Waals surface area (Å²) in [5.74, 6) is 1.36. The van der Waals surface area contributed by atoms with Gasteiger partial charge in [0.15, 0.2) is 0 Å². The molecule has 0 aromatic rings. The topological polar surface area (TPSA) is 60.8 Å². The molecular formula is C28H47N5. The van der Waals surface area contributed by atoms with Crippen LogP contribution >= 0.6 is 0 Å². The van der Waals surface area contributed by atoms with E-state index in [1.54, 1.807) is 0 Å². The molecule has 3 fully saturated rings. The highest BCUT2D eigenvalue weighted by Crippen LogP contribution is 2.28. The van der Waals surface area contributed by atoms with Gasteiger partial charge in [-0.1, -0.05) is 57.1 Å². The highest BCUT2D eigenvalue weighted by atomic mass is 15.0. The molecule has 0 aromatic carbocycles. The maximum absolute atomic E-state index is 5.18. The van der Waals surface area contributed by atoms with Gasteiger partial charge >= 0.3 is 0 Å². The summed E-state index contributed by atoms with van der Waals surface area (Å²) in [4.78, 5) is 10.3. The molecule has 2 saturated carbocycles. The van der Waals surface area contributed by atoms with E-state index in [2.05, 4.69) is 34.2 Å². The molecule has 4 aliphatic rings. The monoisotopic (exact) mass is 453 g/mol. The van der Waals surface area contributed by atoms with Crippen LogP contribution in [-0.4, -0.2) is 56.7 Å². The first kappa shape index (κ1) is 24.7. The molecule has 33 heavy (non-hydrogen) atoms. The number of dihydropyridines is 1. The molecule has 5 nitrogen and oxygen atoms in total. The standard InChI is InChI=1S/C28H47N5/c1-3-11-23(12-4-1)27(25-15-7-9-17-30-25)32-21-19-29-20-22-33-28(24-13-5-2-6-14-24)26-16-8-10-18-31-26/h7,9,15,23-24,26,29-31H,1-6,8,10-14,16-22H2. The number of hydrogen-bond acceptors (Lipinski definition) is 5. The Labute approximate surface area is 202 Å². The second-order valence-corrected chi connectivity index (χ2v) is 10.4. The average molecular weight is 454 g/mol. The van der Waals surface area contributed by atoms with Crippen LogP contribution in [0.4, 0.5) is 0 Å². The first-order valence-electron chi connectivity index (χ1n) is 14.1. The zero-order valence-corrected chi connectivity index (χ0v) is 20.8. The van der Waals surface area contributed by atoms with Crippen LogP contribution in [0, 0.1) is 11.8 Å². The number of nitrogens with zero attached hydrogens (tertiary/aromatic N) is 2. The van der Waals surface area contributed by atoms with Gasteiger partial charge in [0.25, 0.3) is 0 Å². The molecule has 0 bridgehead atoms. The van der Waals surface area contributed by atoms with Crippen LogP contribution in [0.2, 0.25) is 0 Å². The largest absolute Gasteiger partial charge is 0.380 e. The maximum Gasteiger partial charge on any atom is 0.0610 e. The fourth-order valence-corrected chi connectivity index (χ4v) is 6.12. The number of allylic oxidation sites excluding steroid dienone is 3. The Morgan fingerprint density at radius 2 is 1.52 bits per heavy atom. The molecule has 4 rings (SSSR count). The Kier molecular flexibility index (Phi) is 10.5. The van der Waals surface area contributed by atoms with E-state index >= 15 is 0 Å². The second-order valence-electron chi connectivity index (χ2n) is 10.4. The summed E-state index contributed by atoms with van der Waals surface area (Å²) in [5.41, 5.74) is 4.07. The van der Waals surface area contributed by atoms with Crippen LogP contribution in [0.25, 0.3) is 0 Å². The molecule has 0 aromatic heterocycles. The maximum atomic E-state index is 5.18. The van der Waals surface area contributed by atoms with Crippen molar-refractivity contribution < 1.29 is 0 Å². The summed E-state index contributed by atoms with van der Waals surface area (Å²) in [6.07, 6.45) is 24.1. The third-order valence-electron chi connectivity index (χ3n) is 7.92. The first-order valence-corrected chi connectivity index (χ1v) is 14.1. The van der Waals surface area contributed by atoms with Gasteiger partial charge < -0.3 is 16.0 Å². The van der Waals surface area contributed by atoms with E-state index in [4.69, 9.17) is 9.98 Å². The zero-order valence-electron chi connectivity index (χ0n) is 20.8. The van der Waals surface area contributed by atoms with E-state index in [1.165, 1.54) is 101 Å². The molecule has 2 heterocycles. The fraction of sp³-hybridized carbons (Fsp3) is 0.786. The summed E-state index contributed by atoms with van der Waals surface area (Å²) in [5, 5.41) is 10.9. The molecule has 1 atom stereocenters. The van der Waals surface area contributed by atoms with Gasteiger partial charge in [0.1, 0.15) is 0 Å². The number of nitrogens with one attached hydrogen (secondary N) is 3. The van der Waals surface area contributed by atoms with Crippen LogP contribution in [0.15, 0.2) is 33.9 Å². The van der Waals surface area contributed by atoms with Crippen LogP contribution in [0.3, 0.4) is 0 Å². The number of hydrogen-bond donors (Lipinski definition) is 3. The van der Waals surface area contributed by atoms with Gasteiger partial charge in [0, 0.05) is 37.3 Å². The van der Waals surface area contributed by atoms with E-state index in [0.717, 1.165) is 45.2 Å². The first-order chi connectivity index (χ1) is 16.4. The Balaban J connectivity index is 1.25. The number of aliphatic imine (C=N–C) groups is 2. The molecule has 2 aliphatic heterocycles. The highest BCUT2D eigenvalue weighted by Gasteiger charge is 2.27. The molecule has 3 N–H and O–H groups in total. The summed E-state index contributed by atoms with van der Waals surface area (Å²) in [6.45, 7) is 5.75. The zero-order chi connectivity index (χ0) is 22.6. The SMILES string of the molecule is C1=CCNC(C(=NCCNCCN=C(C2CCCCC2)C2CCCCN2)C2CCCCC2)=C1. The molecule has 0 spiro atoms. The van der Waals surface area contributed by atoms with Crippen molar-refractivity contribution in [3.8, 4) is 0 Å². The fourth-order valence-electron chi connectivity index (χ4n) is 6.12. The van der Waals surface area contributed by atoms with E-state index in [0.29, 0.717) is 12.0 Å². The Bertz CT molecular complexity index is 669. The highest BCUT2D eigenvalue weighted by molar-refractivity contribution is 6.01. The van der Waals surface area contributed by atoms with Crippen molar-refractivity contribution in [1.29, 1.82) is 0 Å². The predicted molar refractivity (Wildman–Crippen MR) is 141 cm³/mol. The normalized spacial score (nSPS) is 26.2. The minimum atomic E-state index is 0.537. The van der Waals surface area contributed by atoms with Crippen LogP contribution < -0.4 is 16.0 Å². The number of piperidine rings is 1. The van der Waals surface area contributed by atoms with E-state index in [-0.39, 0.29) is 0 Å². The van der Waals surface area contributed by atoms with Gasteiger partial charge in [0.2, 0.25) is 0 Å². The van der Waals surface area contributed by atoms with Gasteiger partial charge in [0.05, 0.1) is 24.5 Å². The minimum Gasteiger partial charge on any atom is -0.380 e. The Morgan fingerprint density at radius 3 is 2.18 bits per heavy atom. The van der Waals surface area contributed by atoms with Crippen molar-refractivity contribution in [2.75, 3.05) is 39.3 Å². The van der Waals surface area contributed by atoms with Crippen molar-refractivity contribution in [2.24, 2.45) is 21.8 Å². The lowest BCUT2D eigenvalue weighted by molar-refractivity contribution is 0.404. The smallest absolute Gasteiger partial charge is 0.0610 e.